The van der Waals surface area contributed by atoms with E-state index in [1.165, 1.54) is 11.3 Å². The van der Waals surface area contributed by atoms with E-state index in [9.17, 15) is 9.59 Å². The fraction of sp³-hybridized carbons (Fsp3) is 0.150. The third-order valence-corrected chi connectivity index (χ3v) is 6.42. The summed E-state index contributed by atoms with van der Waals surface area (Å²) in [4.78, 5) is 24.8. The lowest BCUT2D eigenvalue weighted by Gasteiger charge is -2.12. The molecule has 2 amide bonds. The average molecular weight is 501 g/mol. The van der Waals surface area contributed by atoms with Crippen LogP contribution in [0.15, 0.2) is 36.4 Å². The van der Waals surface area contributed by atoms with Gasteiger partial charge < -0.3 is 10.6 Å². The number of nitrogens with one attached hydrogen (secondary N) is 3. The Bertz CT molecular complexity index is 1150. The number of hydrogen-bond donors (Lipinski definition) is 3. The first-order valence-electron chi connectivity index (χ1n) is 8.87. The second-order valence-corrected chi connectivity index (χ2v) is 8.97. The molecular formula is C20H16Cl3N3O2S2. The van der Waals surface area contributed by atoms with Gasteiger partial charge in [-0.05, 0) is 49.0 Å². The Morgan fingerprint density at radius 2 is 1.83 bits per heavy atom. The van der Waals surface area contributed by atoms with Crippen LogP contribution >= 0.6 is 58.4 Å². The lowest BCUT2D eigenvalue weighted by Crippen LogP contribution is -2.33. The first-order chi connectivity index (χ1) is 14.3. The molecular weight excluding hydrogens is 485 g/mol. The largest absolute Gasteiger partial charge is 0.331 e. The van der Waals surface area contributed by atoms with Crippen LogP contribution in [0.4, 0.5) is 11.4 Å². The molecule has 5 nitrogen and oxygen atoms in total. The van der Waals surface area contributed by atoms with Crippen molar-refractivity contribution in [3.63, 3.8) is 0 Å². The van der Waals surface area contributed by atoms with Crippen LogP contribution in [0, 0.1) is 0 Å². The molecule has 0 atom stereocenters. The van der Waals surface area contributed by atoms with Crippen molar-refractivity contribution in [3.8, 4) is 0 Å². The lowest BCUT2D eigenvalue weighted by atomic mass is 10.2. The van der Waals surface area contributed by atoms with E-state index >= 15 is 0 Å². The molecule has 1 heterocycles. The Balaban J connectivity index is 1.72. The highest BCUT2D eigenvalue weighted by Crippen LogP contribution is 2.36. The molecule has 0 saturated heterocycles. The standard InChI is InChI=1S/C20H16Cl3N3O2S2/c1-2-3-16(27)24-11-5-7-13(22)14(9-11)25-20(29)26-19(28)18-17(23)12-6-4-10(21)8-15(12)30-18/h4-9H,2-3H2,1H3,(H,24,27)(H2,25,26,28,29). The molecule has 2 aromatic carbocycles. The van der Waals surface area contributed by atoms with Crippen molar-refractivity contribution in [1.29, 1.82) is 0 Å². The third kappa shape index (κ3) is 5.42. The molecule has 30 heavy (non-hydrogen) atoms. The fourth-order valence-corrected chi connectivity index (χ4v) is 4.70. The number of rotatable bonds is 5. The molecule has 0 bridgehead atoms. The van der Waals surface area contributed by atoms with Gasteiger partial charge in [0.1, 0.15) is 4.88 Å². The van der Waals surface area contributed by atoms with Gasteiger partial charge in [0.05, 0.1) is 15.7 Å². The SMILES string of the molecule is CCCC(=O)Nc1ccc(Cl)c(NC(=S)NC(=O)c2sc3cc(Cl)ccc3c2Cl)c1. The first-order valence-corrected chi connectivity index (χ1v) is 11.2. The number of benzene rings is 2. The number of hydrogen-bond acceptors (Lipinski definition) is 4. The maximum absolute atomic E-state index is 12.7. The van der Waals surface area contributed by atoms with Crippen LogP contribution < -0.4 is 16.0 Å². The van der Waals surface area contributed by atoms with E-state index in [1.54, 1.807) is 36.4 Å². The van der Waals surface area contributed by atoms with Crippen molar-refractivity contribution in [3.05, 3.63) is 56.3 Å². The van der Waals surface area contributed by atoms with E-state index in [0.717, 1.165) is 16.5 Å². The normalized spacial score (nSPS) is 10.7. The van der Waals surface area contributed by atoms with Gasteiger partial charge in [-0.25, -0.2) is 0 Å². The molecule has 3 aromatic rings. The molecule has 0 spiro atoms. The number of carbonyl (C=O) groups excluding carboxylic acids is 2. The van der Waals surface area contributed by atoms with Gasteiger partial charge in [-0.2, -0.15) is 0 Å². The molecule has 0 aliphatic carbocycles. The molecule has 0 aliphatic rings. The second kappa shape index (κ2) is 9.94. The van der Waals surface area contributed by atoms with Crippen LogP contribution in [0.25, 0.3) is 10.1 Å². The van der Waals surface area contributed by atoms with Gasteiger partial charge in [0.2, 0.25) is 5.91 Å². The van der Waals surface area contributed by atoms with Crippen molar-refractivity contribution in [2.75, 3.05) is 10.6 Å². The van der Waals surface area contributed by atoms with E-state index in [0.29, 0.717) is 37.7 Å². The fourth-order valence-electron chi connectivity index (χ4n) is 2.65. The summed E-state index contributed by atoms with van der Waals surface area (Å²) in [5.41, 5.74) is 1.02. The van der Waals surface area contributed by atoms with Crippen LogP contribution in [0.5, 0.6) is 0 Å². The Kier molecular flexibility index (Phi) is 7.55. The minimum absolute atomic E-state index is 0.0467. The zero-order chi connectivity index (χ0) is 21.8. The van der Waals surface area contributed by atoms with E-state index in [1.807, 2.05) is 6.92 Å². The maximum Gasteiger partial charge on any atom is 0.269 e. The highest BCUT2D eigenvalue weighted by molar-refractivity contribution is 7.80. The molecule has 0 fully saturated rings. The van der Waals surface area contributed by atoms with Crippen molar-refractivity contribution in [2.24, 2.45) is 0 Å². The van der Waals surface area contributed by atoms with Crippen LogP contribution in [0.1, 0.15) is 29.4 Å². The second-order valence-electron chi connectivity index (χ2n) is 6.29. The van der Waals surface area contributed by atoms with Gasteiger partial charge >= 0.3 is 0 Å². The van der Waals surface area contributed by atoms with E-state index in [4.69, 9.17) is 47.0 Å². The highest BCUT2D eigenvalue weighted by Gasteiger charge is 2.18. The Morgan fingerprint density at radius 1 is 1.07 bits per heavy atom. The van der Waals surface area contributed by atoms with Gasteiger partial charge in [0.15, 0.2) is 5.11 Å². The van der Waals surface area contributed by atoms with Crippen molar-refractivity contribution in [2.45, 2.75) is 19.8 Å². The summed E-state index contributed by atoms with van der Waals surface area (Å²) in [5, 5.41) is 10.3. The summed E-state index contributed by atoms with van der Waals surface area (Å²) in [6, 6.07) is 10.2. The van der Waals surface area contributed by atoms with Gasteiger partial charge in [0, 0.05) is 27.2 Å². The number of carbonyl (C=O) groups is 2. The summed E-state index contributed by atoms with van der Waals surface area (Å²) in [7, 11) is 0. The smallest absolute Gasteiger partial charge is 0.269 e. The van der Waals surface area contributed by atoms with E-state index in [-0.39, 0.29) is 11.0 Å². The number of fused-ring (bicyclic) bond motifs is 1. The molecule has 3 rings (SSSR count). The molecule has 0 radical (unpaired) electrons. The summed E-state index contributed by atoms with van der Waals surface area (Å²) in [6.45, 7) is 1.92. The summed E-state index contributed by atoms with van der Waals surface area (Å²) in [6.07, 6.45) is 1.16. The topological polar surface area (TPSA) is 70.2 Å². The number of amides is 2. The van der Waals surface area contributed by atoms with Crippen LogP contribution in [0.3, 0.4) is 0 Å². The van der Waals surface area contributed by atoms with Gasteiger partial charge in [-0.3, -0.25) is 14.9 Å². The zero-order valence-electron chi connectivity index (χ0n) is 15.6. The van der Waals surface area contributed by atoms with E-state index < -0.39 is 5.91 Å². The number of thiocarbonyl (C=S) groups is 1. The summed E-state index contributed by atoms with van der Waals surface area (Å²) in [5.74, 6) is -0.542. The molecule has 0 aliphatic heterocycles. The predicted octanol–water partition coefficient (Wildman–Crippen LogP) is 6.73. The zero-order valence-corrected chi connectivity index (χ0v) is 19.5. The number of halogens is 3. The third-order valence-electron chi connectivity index (χ3n) is 4.00. The van der Waals surface area contributed by atoms with Crippen molar-refractivity contribution >= 4 is 96.7 Å². The van der Waals surface area contributed by atoms with Gasteiger partial charge in [-0.1, -0.05) is 47.8 Å². The molecule has 10 heteroatoms. The van der Waals surface area contributed by atoms with Crippen LogP contribution in [0.2, 0.25) is 15.1 Å². The minimum atomic E-state index is -0.446. The average Bonchev–Trinajstić information content (AvgIpc) is 3.00. The highest BCUT2D eigenvalue weighted by atomic mass is 35.5. The molecule has 0 saturated carbocycles. The number of anilines is 2. The van der Waals surface area contributed by atoms with Crippen molar-refractivity contribution < 1.29 is 9.59 Å². The summed E-state index contributed by atoms with van der Waals surface area (Å²) < 4.78 is 0.801. The molecule has 156 valence electrons. The Hall–Kier alpha value is -1.90. The first kappa shape index (κ1) is 22.8. The molecule has 3 N–H and O–H groups in total. The quantitative estimate of drug-likeness (QED) is 0.340. The summed E-state index contributed by atoms with van der Waals surface area (Å²) >= 11 is 25.0. The maximum atomic E-state index is 12.7. The van der Waals surface area contributed by atoms with Crippen LogP contribution in [-0.4, -0.2) is 16.9 Å². The Morgan fingerprint density at radius 3 is 2.57 bits per heavy atom. The van der Waals surface area contributed by atoms with Crippen molar-refractivity contribution in [1.82, 2.24) is 5.32 Å². The Labute approximate surface area is 197 Å². The van der Waals surface area contributed by atoms with Gasteiger partial charge in [0.25, 0.3) is 5.91 Å². The lowest BCUT2D eigenvalue weighted by molar-refractivity contribution is -0.116. The number of thiophene rings is 1. The van der Waals surface area contributed by atoms with Gasteiger partial charge in [-0.15, -0.1) is 11.3 Å². The predicted molar refractivity (Wildman–Crippen MR) is 131 cm³/mol. The van der Waals surface area contributed by atoms with E-state index in [2.05, 4.69) is 16.0 Å². The molecule has 1 aromatic heterocycles. The monoisotopic (exact) mass is 499 g/mol. The minimum Gasteiger partial charge on any atom is -0.331 e. The van der Waals surface area contributed by atoms with Crippen LogP contribution in [-0.2, 0) is 4.79 Å². The molecule has 0 unspecified atom stereocenters.